The highest BCUT2D eigenvalue weighted by atomic mass is 32.1. The van der Waals surface area contributed by atoms with Gasteiger partial charge in [0.1, 0.15) is 16.3 Å². The Morgan fingerprint density at radius 1 is 1.15 bits per heavy atom. The number of anilines is 1. The van der Waals surface area contributed by atoms with Crippen molar-refractivity contribution in [3.8, 4) is 0 Å². The highest BCUT2D eigenvalue weighted by Gasteiger charge is 2.23. The Bertz CT molecular complexity index is 990. The summed E-state index contributed by atoms with van der Waals surface area (Å²) in [5.41, 5.74) is 1.75. The van der Waals surface area contributed by atoms with E-state index in [1.807, 2.05) is 57.2 Å². The van der Waals surface area contributed by atoms with Gasteiger partial charge in [-0.1, -0.05) is 51.1 Å². The van der Waals surface area contributed by atoms with Gasteiger partial charge in [-0.2, -0.15) is 0 Å². The average Bonchev–Trinajstić information content (AvgIpc) is 2.98. The summed E-state index contributed by atoms with van der Waals surface area (Å²) in [5, 5.41) is 12.7. The molecule has 0 unspecified atom stereocenters. The molecule has 0 aliphatic rings. The highest BCUT2D eigenvalue weighted by molar-refractivity contribution is 7.21. The van der Waals surface area contributed by atoms with Crippen molar-refractivity contribution in [3.63, 3.8) is 0 Å². The van der Waals surface area contributed by atoms with Crippen molar-refractivity contribution in [2.75, 3.05) is 5.32 Å². The largest absolute Gasteiger partial charge is 0.477 e. The van der Waals surface area contributed by atoms with Crippen molar-refractivity contribution in [2.24, 2.45) is 0 Å². The standard InChI is InChI=1S/C20H20N2O4S/c1-20(2,3)14-10-9-13-15(16(18(23)24)27-17(13)21-14)22-19(25)26-11-12-7-5-4-6-8-12/h4-10H,11H2,1-3H3,(H,22,25)(H,23,24). The first-order chi connectivity index (χ1) is 12.8. The third-order valence-electron chi connectivity index (χ3n) is 3.96. The molecular weight excluding hydrogens is 364 g/mol. The maximum absolute atomic E-state index is 12.2. The van der Waals surface area contributed by atoms with Crippen molar-refractivity contribution in [1.29, 1.82) is 0 Å². The fraction of sp³-hybridized carbons (Fsp3) is 0.250. The van der Waals surface area contributed by atoms with Gasteiger partial charge in [0.2, 0.25) is 0 Å². The second-order valence-electron chi connectivity index (χ2n) is 7.10. The number of fused-ring (bicyclic) bond motifs is 1. The van der Waals surface area contributed by atoms with E-state index >= 15 is 0 Å². The monoisotopic (exact) mass is 384 g/mol. The lowest BCUT2D eigenvalue weighted by Gasteiger charge is -2.17. The minimum absolute atomic E-state index is 0.0280. The summed E-state index contributed by atoms with van der Waals surface area (Å²) in [6.45, 7) is 6.20. The molecule has 0 aliphatic carbocycles. The number of aromatic carboxylic acids is 1. The predicted molar refractivity (Wildman–Crippen MR) is 106 cm³/mol. The molecule has 3 rings (SSSR count). The van der Waals surface area contributed by atoms with Crippen LogP contribution in [-0.2, 0) is 16.8 Å². The van der Waals surface area contributed by atoms with Gasteiger partial charge in [0.25, 0.3) is 0 Å². The summed E-state index contributed by atoms with van der Waals surface area (Å²) in [4.78, 5) is 29.0. The second kappa shape index (κ2) is 7.36. The molecule has 0 spiro atoms. The minimum atomic E-state index is -1.12. The van der Waals surface area contributed by atoms with Crippen LogP contribution in [-0.4, -0.2) is 22.2 Å². The molecule has 0 saturated heterocycles. The molecule has 140 valence electrons. The number of nitrogens with one attached hydrogen (secondary N) is 1. The molecule has 2 aromatic heterocycles. The number of carbonyl (C=O) groups excluding carboxylic acids is 1. The number of hydrogen-bond donors (Lipinski definition) is 2. The smallest absolute Gasteiger partial charge is 0.412 e. The molecule has 7 heteroatoms. The van der Waals surface area contributed by atoms with E-state index in [0.29, 0.717) is 10.2 Å². The molecule has 0 fully saturated rings. The van der Waals surface area contributed by atoms with Gasteiger partial charge in [0.15, 0.2) is 0 Å². The number of amides is 1. The Morgan fingerprint density at radius 3 is 2.48 bits per heavy atom. The lowest BCUT2D eigenvalue weighted by Crippen LogP contribution is -2.15. The number of hydrogen-bond acceptors (Lipinski definition) is 5. The number of carbonyl (C=O) groups is 2. The van der Waals surface area contributed by atoms with Crippen molar-refractivity contribution < 1.29 is 19.4 Å². The number of carboxylic acid groups (broad SMARTS) is 1. The van der Waals surface area contributed by atoms with E-state index in [-0.39, 0.29) is 22.6 Å². The molecule has 0 aliphatic heterocycles. The number of benzene rings is 1. The second-order valence-corrected chi connectivity index (χ2v) is 8.10. The van der Waals surface area contributed by atoms with Gasteiger partial charge in [0.05, 0.1) is 5.69 Å². The van der Waals surface area contributed by atoms with E-state index in [1.165, 1.54) is 0 Å². The number of thiophene rings is 1. The molecule has 27 heavy (non-hydrogen) atoms. The number of rotatable bonds is 4. The quantitative estimate of drug-likeness (QED) is 0.658. The van der Waals surface area contributed by atoms with Crippen LogP contribution in [0.1, 0.15) is 41.7 Å². The van der Waals surface area contributed by atoms with Crippen LogP contribution in [0, 0.1) is 0 Å². The molecule has 2 heterocycles. The fourth-order valence-electron chi connectivity index (χ4n) is 2.53. The van der Waals surface area contributed by atoms with E-state index in [0.717, 1.165) is 22.6 Å². The molecular formula is C20H20N2O4S. The van der Waals surface area contributed by atoms with Gasteiger partial charge >= 0.3 is 12.1 Å². The molecule has 0 saturated carbocycles. The average molecular weight is 384 g/mol. The van der Waals surface area contributed by atoms with Crippen LogP contribution in [0.15, 0.2) is 42.5 Å². The molecule has 1 aromatic carbocycles. The van der Waals surface area contributed by atoms with Crippen LogP contribution in [0.4, 0.5) is 10.5 Å². The van der Waals surface area contributed by atoms with Gasteiger partial charge in [-0.3, -0.25) is 5.32 Å². The summed E-state index contributed by atoms with van der Waals surface area (Å²) >= 11 is 1.04. The molecule has 2 N–H and O–H groups in total. The SMILES string of the molecule is CC(C)(C)c1ccc2c(NC(=O)OCc3ccccc3)c(C(=O)O)sc2n1. The minimum Gasteiger partial charge on any atom is -0.477 e. The molecule has 0 bridgehead atoms. The van der Waals surface area contributed by atoms with Crippen LogP contribution in [0.5, 0.6) is 0 Å². The maximum Gasteiger partial charge on any atom is 0.412 e. The third kappa shape index (κ3) is 4.25. The zero-order chi connectivity index (χ0) is 19.6. The molecule has 3 aromatic rings. The van der Waals surface area contributed by atoms with Gasteiger partial charge in [-0.15, -0.1) is 11.3 Å². The zero-order valence-electron chi connectivity index (χ0n) is 15.3. The summed E-state index contributed by atoms with van der Waals surface area (Å²) in [7, 11) is 0. The van der Waals surface area contributed by atoms with Gasteiger partial charge in [0, 0.05) is 16.5 Å². The topological polar surface area (TPSA) is 88.5 Å². The molecule has 1 amide bonds. The normalized spacial score (nSPS) is 11.4. The van der Waals surface area contributed by atoms with E-state index in [1.54, 1.807) is 6.07 Å². The van der Waals surface area contributed by atoms with Gasteiger partial charge in [-0.05, 0) is 17.7 Å². The lowest BCUT2D eigenvalue weighted by atomic mass is 9.91. The first-order valence-electron chi connectivity index (χ1n) is 8.41. The molecule has 0 atom stereocenters. The van der Waals surface area contributed by atoms with Crippen LogP contribution >= 0.6 is 11.3 Å². The summed E-state index contributed by atoms with van der Waals surface area (Å²) in [6.07, 6.45) is -0.707. The first kappa shape index (κ1) is 18.8. The Hall–Kier alpha value is -2.93. The number of carboxylic acids is 1. The summed E-state index contributed by atoms with van der Waals surface area (Å²) in [5.74, 6) is -1.12. The molecule has 6 nitrogen and oxygen atoms in total. The number of pyridine rings is 1. The van der Waals surface area contributed by atoms with Crippen molar-refractivity contribution >= 4 is 39.3 Å². The predicted octanol–water partition coefficient (Wildman–Crippen LogP) is 5.04. The van der Waals surface area contributed by atoms with E-state index in [4.69, 9.17) is 4.74 Å². The van der Waals surface area contributed by atoms with Gasteiger partial charge < -0.3 is 9.84 Å². The Kier molecular flexibility index (Phi) is 5.14. The van der Waals surface area contributed by atoms with Crippen LogP contribution in [0.3, 0.4) is 0 Å². The van der Waals surface area contributed by atoms with E-state index < -0.39 is 12.1 Å². The number of nitrogens with zero attached hydrogens (tertiary/aromatic N) is 1. The van der Waals surface area contributed by atoms with Crippen molar-refractivity contribution in [3.05, 3.63) is 58.6 Å². The lowest BCUT2D eigenvalue weighted by molar-refractivity contribution is 0.0703. The highest BCUT2D eigenvalue weighted by Crippen LogP contribution is 2.36. The van der Waals surface area contributed by atoms with Crippen molar-refractivity contribution in [2.45, 2.75) is 32.8 Å². The Balaban J connectivity index is 1.87. The number of ether oxygens (including phenoxy) is 1. The Morgan fingerprint density at radius 2 is 1.85 bits per heavy atom. The number of aromatic nitrogens is 1. The zero-order valence-corrected chi connectivity index (χ0v) is 16.1. The first-order valence-corrected chi connectivity index (χ1v) is 9.22. The van der Waals surface area contributed by atoms with Gasteiger partial charge in [-0.25, -0.2) is 14.6 Å². The van der Waals surface area contributed by atoms with Crippen LogP contribution < -0.4 is 5.32 Å². The Labute approximate surface area is 160 Å². The summed E-state index contributed by atoms with van der Waals surface area (Å²) in [6, 6.07) is 12.9. The molecule has 0 radical (unpaired) electrons. The summed E-state index contributed by atoms with van der Waals surface area (Å²) < 4.78 is 5.20. The van der Waals surface area contributed by atoms with E-state index in [9.17, 15) is 14.7 Å². The van der Waals surface area contributed by atoms with E-state index in [2.05, 4.69) is 10.3 Å². The third-order valence-corrected chi connectivity index (χ3v) is 5.05. The maximum atomic E-state index is 12.2. The van der Waals surface area contributed by atoms with Crippen LogP contribution in [0.2, 0.25) is 0 Å². The van der Waals surface area contributed by atoms with Crippen molar-refractivity contribution in [1.82, 2.24) is 4.98 Å². The van der Waals surface area contributed by atoms with Crippen LogP contribution in [0.25, 0.3) is 10.2 Å². The fourth-order valence-corrected chi connectivity index (χ4v) is 3.50.